The number of aliphatic hydroxyl groups excluding tert-OH is 1. The van der Waals surface area contributed by atoms with Crippen LogP contribution in [-0.2, 0) is 4.79 Å². The Morgan fingerprint density at radius 2 is 2.00 bits per heavy atom. The average Bonchev–Trinajstić information content (AvgIpc) is 2.44. The molecule has 3 N–H and O–H groups in total. The van der Waals surface area contributed by atoms with Gasteiger partial charge in [-0.1, -0.05) is 13.8 Å². The number of carbonyl (C=O) groups is 1. The molecule has 1 rings (SSSR count). The summed E-state index contributed by atoms with van der Waals surface area (Å²) in [6.07, 6.45) is 3.82. The van der Waals surface area contributed by atoms with Gasteiger partial charge in [-0.25, -0.2) is 0 Å². The number of hydrogen-bond donors (Lipinski definition) is 3. The van der Waals surface area contributed by atoms with Crippen LogP contribution in [0.25, 0.3) is 0 Å². The second-order valence-electron chi connectivity index (χ2n) is 4.95. The third-order valence-electron chi connectivity index (χ3n) is 3.80. The normalized spacial score (nSPS) is 17.7. The molecule has 0 saturated carbocycles. The van der Waals surface area contributed by atoms with Crippen LogP contribution in [0.2, 0.25) is 0 Å². The van der Waals surface area contributed by atoms with Crippen molar-refractivity contribution in [2.24, 2.45) is 0 Å². The molecule has 1 heterocycles. The van der Waals surface area contributed by atoms with Crippen molar-refractivity contribution in [3.8, 4) is 0 Å². The van der Waals surface area contributed by atoms with Gasteiger partial charge < -0.3 is 15.7 Å². The van der Waals surface area contributed by atoms with Crippen LogP contribution in [-0.4, -0.2) is 47.3 Å². The van der Waals surface area contributed by atoms with Crippen molar-refractivity contribution >= 4 is 17.7 Å². The van der Waals surface area contributed by atoms with Crippen LogP contribution in [0.15, 0.2) is 0 Å². The molecule has 0 aliphatic carbocycles. The summed E-state index contributed by atoms with van der Waals surface area (Å²) in [4.78, 5) is 11.9. The van der Waals surface area contributed by atoms with Crippen molar-refractivity contribution in [2.45, 2.75) is 50.3 Å². The Morgan fingerprint density at radius 1 is 1.39 bits per heavy atom. The van der Waals surface area contributed by atoms with E-state index in [1.165, 1.54) is 0 Å². The summed E-state index contributed by atoms with van der Waals surface area (Å²) in [5.74, 6) is 0.558. The van der Waals surface area contributed by atoms with Crippen molar-refractivity contribution in [1.29, 1.82) is 0 Å². The zero-order valence-electron chi connectivity index (χ0n) is 11.5. The Morgan fingerprint density at radius 3 is 2.50 bits per heavy atom. The van der Waals surface area contributed by atoms with Crippen LogP contribution in [0.1, 0.15) is 39.5 Å². The van der Waals surface area contributed by atoms with Crippen LogP contribution >= 0.6 is 11.8 Å². The SMILES string of the molecule is CCC(CC)(CO)NC(=O)CSC1CCNCC1. The van der Waals surface area contributed by atoms with E-state index in [1.807, 2.05) is 13.8 Å². The summed E-state index contributed by atoms with van der Waals surface area (Å²) < 4.78 is 0. The number of thioether (sulfide) groups is 1. The second kappa shape index (κ2) is 8.02. The molecule has 0 atom stereocenters. The zero-order valence-corrected chi connectivity index (χ0v) is 12.3. The van der Waals surface area contributed by atoms with E-state index in [2.05, 4.69) is 10.6 Å². The van der Waals surface area contributed by atoms with Crippen LogP contribution in [0.3, 0.4) is 0 Å². The van der Waals surface area contributed by atoms with E-state index in [9.17, 15) is 9.90 Å². The van der Waals surface area contributed by atoms with Gasteiger partial charge in [0.2, 0.25) is 5.91 Å². The molecule has 1 fully saturated rings. The number of amides is 1. The average molecular weight is 274 g/mol. The van der Waals surface area contributed by atoms with E-state index in [0.717, 1.165) is 38.8 Å². The highest BCUT2D eigenvalue weighted by Crippen LogP contribution is 2.20. The fourth-order valence-corrected chi connectivity index (χ4v) is 3.21. The van der Waals surface area contributed by atoms with Gasteiger partial charge >= 0.3 is 0 Å². The lowest BCUT2D eigenvalue weighted by molar-refractivity contribution is -0.121. The van der Waals surface area contributed by atoms with Gasteiger partial charge in [-0.3, -0.25) is 4.79 Å². The maximum Gasteiger partial charge on any atom is 0.230 e. The Hall–Kier alpha value is -0.260. The molecule has 5 heteroatoms. The van der Waals surface area contributed by atoms with Gasteiger partial charge in [0.25, 0.3) is 0 Å². The Labute approximate surface area is 114 Å². The standard InChI is InChI=1S/C13H26N2O2S/c1-3-13(4-2,10-16)15-12(17)9-18-11-5-7-14-8-6-11/h11,14,16H,3-10H2,1-2H3,(H,15,17). The fourth-order valence-electron chi connectivity index (χ4n) is 2.18. The minimum absolute atomic E-state index is 0.0176. The number of nitrogens with one attached hydrogen (secondary N) is 2. The summed E-state index contributed by atoms with van der Waals surface area (Å²) in [6.45, 7) is 6.14. The van der Waals surface area contributed by atoms with Gasteiger partial charge in [-0.05, 0) is 38.8 Å². The molecule has 18 heavy (non-hydrogen) atoms. The minimum atomic E-state index is -0.425. The van der Waals surface area contributed by atoms with Crippen molar-refractivity contribution in [3.05, 3.63) is 0 Å². The third kappa shape index (κ3) is 4.78. The molecule has 0 spiro atoms. The lowest BCUT2D eigenvalue weighted by Gasteiger charge is -2.31. The minimum Gasteiger partial charge on any atom is -0.394 e. The van der Waals surface area contributed by atoms with Gasteiger partial charge in [0, 0.05) is 5.25 Å². The Bertz CT molecular complexity index is 243. The molecular weight excluding hydrogens is 248 g/mol. The third-order valence-corrected chi connectivity index (χ3v) is 5.17. The molecule has 4 nitrogen and oxygen atoms in total. The quantitative estimate of drug-likeness (QED) is 0.651. The fraction of sp³-hybridized carbons (Fsp3) is 0.923. The highest BCUT2D eigenvalue weighted by Gasteiger charge is 2.27. The highest BCUT2D eigenvalue weighted by atomic mass is 32.2. The predicted molar refractivity (Wildman–Crippen MR) is 76.9 cm³/mol. The van der Waals surface area contributed by atoms with Gasteiger partial charge in [-0.15, -0.1) is 11.8 Å². The molecule has 1 saturated heterocycles. The van der Waals surface area contributed by atoms with Gasteiger partial charge in [0.1, 0.15) is 0 Å². The van der Waals surface area contributed by atoms with E-state index >= 15 is 0 Å². The summed E-state index contributed by atoms with van der Waals surface area (Å²) >= 11 is 1.74. The first-order valence-electron chi connectivity index (χ1n) is 6.90. The maximum atomic E-state index is 11.9. The number of hydrogen-bond acceptors (Lipinski definition) is 4. The molecule has 0 aromatic rings. The smallest absolute Gasteiger partial charge is 0.230 e. The summed E-state index contributed by atoms with van der Waals surface area (Å²) in [5.41, 5.74) is -0.425. The van der Waals surface area contributed by atoms with Crippen molar-refractivity contribution < 1.29 is 9.90 Å². The maximum absolute atomic E-state index is 11.9. The Kier molecular flexibility index (Phi) is 7.04. The van der Waals surface area contributed by atoms with Crippen LogP contribution in [0, 0.1) is 0 Å². The summed E-state index contributed by atoms with van der Waals surface area (Å²) in [6, 6.07) is 0. The topological polar surface area (TPSA) is 61.4 Å². The van der Waals surface area contributed by atoms with E-state index in [1.54, 1.807) is 11.8 Å². The number of rotatable bonds is 7. The van der Waals surface area contributed by atoms with Crippen molar-refractivity contribution in [2.75, 3.05) is 25.4 Å². The lowest BCUT2D eigenvalue weighted by Crippen LogP contribution is -2.51. The zero-order chi connectivity index (χ0) is 13.4. The number of piperidine rings is 1. The van der Waals surface area contributed by atoms with Crippen LogP contribution in [0.4, 0.5) is 0 Å². The summed E-state index contributed by atoms with van der Waals surface area (Å²) in [5, 5.41) is 16.3. The molecule has 0 aromatic heterocycles. The van der Waals surface area contributed by atoms with Crippen molar-refractivity contribution in [3.63, 3.8) is 0 Å². The molecule has 1 aliphatic rings. The largest absolute Gasteiger partial charge is 0.394 e. The van der Waals surface area contributed by atoms with Gasteiger partial charge in [0.15, 0.2) is 0 Å². The van der Waals surface area contributed by atoms with E-state index < -0.39 is 5.54 Å². The number of carbonyl (C=O) groups excluding carboxylic acids is 1. The van der Waals surface area contributed by atoms with Crippen LogP contribution in [0.5, 0.6) is 0 Å². The first-order chi connectivity index (χ1) is 8.65. The monoisotopic (exact) mass is 274 g/mol. The van der Waals surface area contributed by atoms with E-state index in [4.69, 9.17) is 0 Å². The Balaban J connectivity index is 2.31. The lowest BCUT2D eigenvalue weighted by atomic mass is 9.94. The number of aliphatic hydroxyl groups is 1. The van der Waals surface area contributed by atoms with E-state index in [0.29, 0.717) is 11.0 Å². The van der Waals surface area contributed by atoms with Gasteiger partial charge in [0.05, 0.1) is 17.9 Å². The summed E-state index contributed by atoms with van der Waals surface area (Å²) in [7, 11) is 0. The van der Waals surface area contributed by atoms with E-state index in [-0.39, 0.29) is 12.5 Å². The molecule has 0 bridgehead atoms. The molecule has 1 amide bonds. The molecule has 0 unspecified atom stereocenters. The molecule has 0 aromatic carbocycles. The molecule has 1 aliphatic heterocycles. The highest BCUT2D eigenvalue weighted by molar-refractivity contribution is 8.00. The van der Waals surface area contributed by atoms with Crippen molar-refractivity contribution in [1.82, 2.24) is 10.6 Å². The first kappa shape index (κ1) is 15.8. The predicted octanol–water partition coefficient (Wildman–Crippen LogP) is 1.14. The molecule has 0 radical (unpaired) electrons. The molecular formula is C13H26N2O2S. The first-order valence-corrected chi connectivity index (χ1v) is 7.95. The van der Waals surface area contributed by atoms with Crippen LogP contribution < -0.4 is 10.6 Å². The van der Waals surface area contributed by atoms with Gasteiger partial charge in [-0.2, -0.15) is 0 Å². The molecule has 106 valence electrons. The second-order valence-corrected chi connectivity index (χ2v) is 6.24.